The molecular weight excluding hydrogens is 186 g/mol. The van der Waals surface area contributed by atoms with Crippen LogP contribution in [-0.4, -0.2) is 12.6 Å². The van der Waals surface area contributed by atoms with E-state index in [1.165, 1.54) is 37.7 Å². The maximum Gasteiger partial charge on any atom is 0.0876 e. The van der Waals surface area contributed by atoms with E-state index in [0.29, 0.717) is 5.41 Å². The lowest BCUT2D eigenvalue weighted by atomic mass is 9.73. The van der Waals surface area contributed by atoms with Crippen LogP contribution in [0.4, 0.5) is 0 Å². The lowest BCUT2D eigenvalue weighted by Crippen LogP contribution is -2.41. The van der Waals surface area contributed by atoms with Gasteiger partial charge in [0.15, 0.2) is 0 Å². The van der Waals surface area contributed by atoms with Crippen molar-refractivity contribution in [3.63, 3.8) is 0 Å². The van der Waals surface area contributed by atoms with E-state index in [4.69, 9.17) is 10.5 Å². The van der Waals surface area contributed by atoms with E-state index in [1.54, 1.807) is 0 Å². The normalized spacial score (nSPS) is 26.9. The van der Waals surface area contributed by atoms with Crippen molar-refractivity contribution in [2.45, 2.75) is 57.9 Å². The van der Waals surface area contributed by atoms with E-state index in [1.807, 2.05) is 6.26 Å². The third kappa shape index (κ3) is 2.05. The van der Waals surface area contributed by atoms with Gasteiger partial charge >= 0.3 is 0 Å². The quantitative estimate of drug-likeness (QED) is 0.775. The third-order valence-electron chi connectivity index (χ3n) is 4.33. The number of ether oxygens (including phenoxy) is 1. The molecule has 1 aliphatic carbocycles. The van der Waals surface area contributed by atoms with E-state index >= 15 is 0 Å². The Labute approximate surface area is 92.9 Å². The van der Waals surface area contributed by atoms with Gasteiger partial charge in [-0.2, -0.15) is 0 Å². The van der Waals surface area contributed by atoms with Gasteiger partial charge in [0.25, 0.3) is 0 Å². The van der Waals surface area contributed by atoms with Gasteiger partial charge in [-0.15, -0.1) is 0 Å². The molecule has 2 N–H and O–H groups in total. The van der Waals surface area contributed by atoms with Crippen molar-refractivity contribution in [3.05, 3.63) is 11.8 Å². The molecule has 1 fully saturated rings. The van der Waals surface area contributed by atoms with Gasteiger partial charge in [0.05, 0.1) is 12.9 Å². The summed E-state index contributed by atoms with van der Waals surface area (Å²) < 4.78 is 5.41. The monoisotopic (exact) mass is 209 g/mol. The first-order valence-electron chi connectivity index (χ1n) is 6.35. The highest BCUT2D eigenvalue weighted by Crippen LogP contribution is 2.45. The molecule has 0 saturated heterocycles. The zero-order chi connectivity index (χ0) is 10.7. The summed E-state index contributed by atoms with van der Waals surface area (Å²) in [6.07, 6.45) is 10.8. The van der Waals surface area contributed by atoms with Crippen LogP contribution in [0, 0.1) is 5.41 Å². The molecule has 0 amide bonds. The largest absolute Gasteiger partial charge is 0.501 e. The summed E-state index contributed by atoms with van der Waals surface area (Å²) in [6.45, 7) is 3.16. The molecule has 15 heavy (non-hydrogen) atoms. The maximum absolute atomic E-state index is 6.45. The Hall–Kier alpha value is -0.500. The summed E-state index contributed by atoms with van der Waals surface area (Å²) in [7, 11) is 0. The highest BCUT2D eigenvalue weighted by Gasteiger charge is 2.39. The van der Waals surface area contributed by atoms with Crippen LogP contribution in [0.2, 0.25) is 0 Å². The molecule has 0 aromatic carbocycles. The molecule has 2 nitrogen and oxygen atoms in total. The first-order chi connectivity index (χ1) is 7.28. The summed E-state index contributed by atoms with van der Waals surface area (Å²) in [5.74, 6) is 0. The average molecular weight is 209 g/mol. The van der Waals surface area contributed by atoms with Crippen LogP contribution in [0.25, 0.3) is 0 Å². The van der Waals surface area contributed by atoms with Crippen LogP contribution in [0.1, 0.15) is 51.9 Å². The highest BCUT2D eigenvalue weighted by molar-refractivity contribution is 5.15. The second-order valence-electron chi connectivity index (χ2n) is 5.07. The molecule has 1 aliphatic heterocycles. The number of hydrogen-bond acceptors (Lipinski definition) is 2. The first kappa shape index (κ1) is 11.0. The Bertz CT molecular complexity index is 241. The van der Waals surface area contributed by atoms with Crippen LogP contribution in [-0.2, 0) is 4.74 Å². The van der Waals surface area contributed by atoms with Crippen molar-refractivity contribution in [1.82, 2.24) is 0 Å². The predicted octanol–water partition coefficient (Wildman–Crippen LogP) is 2.98. The standard InChI is InChI=1S/C13H23NO/c1-2-13(7-3-4-8-13)12(14)11-6-5-9-15-10-11/h10,12H,2-9,14H2,1H3. The van der Waals surface area contributed by atoms with Gasteiger partial charge < -0.3 is 10.5 Å². The fraction of sp³-hybridized carbons (Fsp3) is 0.846. The third-order valence-corrected chi connectivity index (χ3v) is 4.33. The van der Waals surface area contributed by atoms with Crippen LogP contribution in [0.3, 0.4) is 0 Å². The van der Waals surface area contributed by atoms with Crippen molar-refractivity contribution in [2.75, 3.05) is 6.61 Å². The lowest BCUT2D eigenvalue weighted by Gasteiger charge is -2.36. The SMILES string of the molecule is CCC1(C(N)C2=COCCC2)CCCC1. The summed E-state index contributed by atoms with van der Waals surface area (Å²) >= 11 is 0. The topological polar surface area (TPSA) is 35.2 Å². The van der Waals surface area contributed by atoms with Crippen molar-refractivity contribution >= 4 is 0 Å². The highest BCUT2D eigenvalue weighted by atomic mass is 16.5. The molecule has 2 aliphatic rings. The zero-order valence-electron chi connectivity index (χ0n) is 9.80. The molecule has 0 bridgehead atoms. The van der Waals surface area contributed by atoms with Gasteiger partial charge in [0.2, 0.25) is 0 Å². The summed E-state index contributed by atoms with van der Waals surface area (Å²) in [4.78, 5) is 0. The summed E-state index contributed by atoms with van der Waals surface area (Å²) in [5, 5.41) is 0. The van der Waals surface area contributed by atoms with E-state index in [2.05, 4.69) is 6.92 Å². The maximum atomic E-state index is 6.45. The summed E-state index contributed by atoms with van der Waals surface area (Å²) in [6, 6.07) is 0.241. The second-order valence-corrected chi connectivity index (χ2v) is 5.07. The van der Waals surface area contributed by atoms with E-state index in [0.717, 1.165) is 19.4 Å². The Morgan fingerprint density at radius 2 is 2.13 bits per heavy atom. The van der Waals surface area contributed by atoms with Crippen molar-refractivity contribution in [2.24, 2.45) is 11.1 Å². The molecule has 1 heterocycles. The minimum Gasteiger partial charge on any atom is -0.501 e. The fourth-order valence-electron chi connectivity index (χ4n) is 3.17. The molecule has 2 heteroatoms. The van der Waals surface area contributed by atoms with Gasteiger partial charge in [-0.05, 0) is 43.1 Å². The predicted molar refractivity (Wildman–Crippen MR) is 62.4 cm³/mol. The molecule has 0 spiro atoms. The second kappa shape index (κ2) is 4.56. The minimum atomic E-state index is 0.241. The van der Waals surface area contributed by atoms with Gasteiger partial charge in [-0.3, -0.25) is 0 Å². The molecule has 0 radical (unpaired) electrons. The molecule has 86 valence electrons. The smallest absolute Gasteiger partial charge is 0.0876 e. The first-order valence-corrected chi connectivity index (χ1v) is 6.35. The number of hydrogen-bond donors (Lipinski definition) is 1. The Morgan fingerprint density at radius 3 is 2.67 bits per heavy atom. The van der Waals surface area contributed by atoms with E-state index in [-0.39, 0.29) is 6.04 Å². The molecular formula is C13H23NO. The van der Waals surface area contributed by atoms with Crippen LogP contribution < -0.4 is 5.73 Å². The molecule has 0 aromatic heterocycles. The Kier molecular flexibility index (Phi) is 3.35. The van der Waals surface area contributed by atoms with Crippen LogP contribution in [0.5, 0.6) is 0 Å². The van der Waals surface area contributed by atoms with Gasteiger partial charge in [-0.1, -0.05) is 19.8 Å². The van der Waals surface area contributed by atoms with Crippen molar-refractivity contribution in [1.29, 1.82) is 0 Å². The number of nitrogens with two attached hydrogens (primary N) is 1. The summed E-state index contributed by atoms with van der Waals surface area (Å²) in [5.41, 5.74) is 8.18. The molecule has 1 unspecified atom stereocenters. The van der Waals surface area contributed by atoms with Crippen LogP contribution >= 0.6 is 0 Å². The van der Waals surface area contributed by atoms with E-state index in [9.17, 15) is 0 Å². The van der Waals surface area contributed by atoms with E-state index < -0.39 is 0 Å². The fourth-order valence-corrected chi connectivity index (χ4v) is 3.17. The van der Waals surface area contributed by atoms with Crippen molar-refractivity contribution < 1.29 is 4.74 Å². The Morgan fingerprint density at radius 1 is 1.40 bits per heavy atom. The zero-order valence-corrected chi connectivity index (χ0v) is 9.80. The lowest BCUT2D eigenvalue weighted by molar-refractivity contribution is 0.193. The minimum absolute atomic E-state index is 0.241. The van der Waals surface area contributed by atoms with Gasteiger partial charge in [-0.25, -0.2) is 0 Å². The molecule has 0 aromatic rings. The molecule has 2 rings (SSSR count). The van der Waals surface area contributed by atoms with Crippen molar-refractivity contribution in [3.8, 4) is 0 Å². The Balaban J connectivity index is 2.10. The average Bonchev–Trinajstić information content (AvgIpc) is 2.79. The molecule has 1 saturated carbocycles. The molecule has 1 atom stereocenters. The number of rotatable bonds is 3. The van der Waals surface area contributed by atoms with Gasteiger partial charge in [0.1, 0.15) is 0 Å². The van der Waals surface area contributed by atoms with Gasteiger partial charge in [0, 0.05) is 6.04 Å². The van der Waals surface area contributed by atoms with Crippen LogP contribution in [0.15, 0.2) is 11.8 Å².